The van der Waals surface area contributed by atoms with Crippen LogP contribution in [0.1, 0.15) is 34.6 Å². The van der Waals surface area contributed by atoms with E-state index in [-0.39, 0.29) is 11.0 Å². The summed E-state index contributed by atoms with van der Waals surface area (Å²) < 4.78 is 17.8. The molecule has 1 aliphatic rings. The van der Waals surface area contributed by atoms with Gasteiger partial charge in [-0.3, -0.25) is 0 Å². The highest BCUT2D eigenvalue weighted by Gasteiger charge is 2.44. The molecule has 0 N–H and O–H groups in total. The molecule has 2 atom stereocenters. The second kappa shape index (κ2) is 7.12. The lowest BCUT2D eigenvalue weighted by Gasteiger charge is -2.34. The Morgan fingerprint density at radius 1 is 0.962 bits per heavy atom. The van der Waals surface area contributed by atoms with E-state index in [9.17, 15) is 0 Å². The lowest BCUT2D eigenvalue weighted by Crippen LogP contribution is -2.28. The van der Waals surface area contributed by atoms with Crippen molar-refractivity contribution in [1.82, 2.24) is 0 Å². The number of rotatable bonds is 4. The molecule has 1 aliphatic heterocycles. The lowest BCUT2D eigenvalue weighted by atomic mass is 10.0. The number of methoxy groups -OCH3 is 2. The van der Waals surface area contributed by atoms with Gasteiger partial charge in [0.2, 0.25) is 0 Å². The van der Waals surface area contributed by atoms with Gasteiger partial charge in [0.15, 0.2) is 0 Å². The van der Waals surface area contributed by atoms with Crippen LogP contribution in [-0.4, -0.2) is 25.2 Å². The van der Waals surface area contributed by atoms with E-state index in [2.05, 4.69) is 52.8 Å². The van der Waals surface area contributed by atoms with Gasteiger partial charge < -0.3 is 14.2 Å². The van der Waals surface area contributed by atoms with Crippen LogP contribution in [0.2, 0.25) is 0 Å². The fraction of sp³-hybridized carbons (Fsp3) is 0.455. The summed E-state index contributed by atoms with van der Waals surface area (Å²) in [5, 5.41) is 1.47. The molecule has 4 heteroatoms. The smallest absolute Gasteiger partial charge is 0.130 e. The zero-order chi connectivity index (χ0) is 19.1. The highest BCUT2D eigenvalue weighted by Crippen LogP contribution is 2.62. The molecule has 2 aromatic carbocycles. The predicted octanol–water partition coefficient (Wildman–Crippen LogP) is 5.65. The maximum atomic E-state index is 6.46. The number of benzene rings is 2. The fourth-order valence-electron chi connectivity index (χ4n) is 3.65. The summed E-state index contributed by atoms with van der Waals surface area (Å²) in [5.74, 6) is 3.35. The average Bonchev–Trinajstić information content (AvgIpc) is 3.01. The van der Waals surface area contributed by atoms with Gasteiger partial charge in [-0.05, 0) is 37.2 Å². The van der Waals surface area contributed by atoms with Crippen molar-refractivity contribution in [2.75, 3.05) is 14.2 Å². The lowest BCUT2D eigenvalue weighted by molar-refractivity contribution is 0.240. The first-order valence-electron chi connectivity index (χ1n) is 9.10. The SMILES string of the molecule is COc1cccc(OC)c1-c1cccc2c1[P@@](C(C)(C)C)[C@H](C(C)C)O2. The first kappa shape index (κ1) is 19.0. The van der Waals surface area contributed by atoms with Crippen LogP contribution in [0.25, 0.3) is 11.1 Å². The minimum absolute atomic E-state index is 0.140. The van der Waals surface area contributed by atoms with Crippen molar-refractivity contribution in [2.24, 2.45) is 5.92 Å². The Labute approximate surface area is 158 Å². The van der Waals surface area contributed by atoms with Crippen molar-refractivity contribution in [3.05, 3.63) is 36.4 Å². The molecule has 0 amide bonds. The molecule has 0 aromatic heterocycles. The molecule has 140 valence electrons. The van der Waals surface area contributed by atoms with E-state index in [4.69, 9.17) is 14.2 Å². The van der Waals surface area contributed by atoms with Crippen LogP contribution in [0.15, 0.2) is 36.4 Å². The Hall–Kier alpha value is -1.73. The van der Waals surface area contributed by atoms with Crippen molar-refractivity contribution in [3.8, 4) is 28.4 Å². The summed E-state index contributed by atoms with van der Waals surface area (Å²) in [5.41, 5.74) is 2.18. The fourth-order valence-corrected chi connectivity index (χ4v) is 6.96. The van der Waals surface area contributed by atoms with Gasteiger partial charge in [-0.25, -0.2) is 0 Å². The zero-order valence-electron chi connectivity index (χ0n) is 16.8. The normalized spacial score (nSPS) is 19.2. The van der Waals surface area contributed by atoms with Gasteiger partial charge >= 0.3 is 0 Å². The number of fused-ring (bicyclic) bond motifs is 1. The molecule has 3 rings (SSSR count). The van der Waals surface area contributed by atoms with Crippen LogP contribution < -0.4 is 19.5 Å². The summed E-state index contributed by atoms with van der Waals surface area (Å²) in [7, 11) is 2.90. The van der Waals surface area contributed by atoms with Crippen molar-refractivity contribution in [1.29, 1.82) is 0 Å². The molecule has 0 radical (unpaired) electrons. The molecule has 1 heterocycles. The standard InChI is InChI=1S/C22H29O3P/c1-14(2)21-25-18-13-8-10-15(20(18)26(21)22(3,4)5)19-16(23-6)11-9-12-17(19)24-7/h8-14,21H,1-7H3/t21-,26-/m1/s1. The Kier molecular flexibility index (Phi) is 5.21. The van der Waals surface area contributed by atoms with Gasteiger partial charge in [0.1, 0.15) is 23.1 Å². The number of ether oxygens (including phenoxy) is 3. The molecule has 26 heavy (non-hydrogen) atoms. The van der Waals surface area contributed by atoms with Gasteiger partial charge in [-0.1, -0.05) is 52.8 Å². The van der Waals surface area contributed by atoms with Crippen molar-refractivity contribution >= 4 is 13.2 Å². The van der Waals surface area contributed by atoms with Crippen LogP contribution in [-0.2, 0) is 0 Å². The minimum Gasteiger partial charge on any atom is -0.496 e. The average molecular weight is 372 g/mol. The third-order valence-corrected chi connectivity index (χ3v) is 8.33. The van der Waals surface area contributed by atoms with Crippen LogP contribution in [0.3, 0.4) is 0 Å². The largest absolute Gasteiger partial charge is 0.496 e. The Morgan fingerprint density at radius 3 is 2.04 bits per heavy atom. The predicted molar refractivity (Wildman–Crippen MR) is 111 cm³/mol. The van der Waals surface area contributed by atoms with E-state index in [0.717, 1.165) is 22.8 Å². The van der Waals surface area contributed by atoms with Crippen molar-refractivity contribution < 1.29 is 14.2 Å². The Bertz CT molecular complexity index is 770. The van der Waals surface area contributed by atoms with Crippen LogP contribution in [0.5, 0.6) is 17.2 Å². The number of hydrogen-bond acceptors (Lipinski definition) is 3. The molecule has 0 bridgehead atoms. The van der Waals surface area contributed by atoms with Gasteiger partial charge in [0.25, 0.3) is 0 Å². The van der Waals surface area contributed by atoms with Gasteiger partial charge in [0.05, 0.1) is 19.8 Å². The maximum absolute atomic E-state index is 6.46. The minimum atomic E-state index is -0.517. The molecule has 0 saturated heterocycles. The van der Waals surface area contributed by atoms with E-state index in [1.54, 1.807) is 14.2 Å². The van der Waals surface area contributed by atoms with Gasteiger partial charge in [-0.2, -0.15) is 0 Å². The second-order valence-electron chi connectivity index (χ2n) is 7.98. The van der Waals surface area contributed by atoms with Gasteiger partial charge in [-0.15, -0.1) is 0 Å². The molecule has 2 aromatic rings. The molecule has 0 fully saturated rings. The molecule has 0 spiro atoms. The molecule has 0 saturated carbocycles. The van der Waals surface area contributed by atoms with Crippen LogP contribution in [0, 0.1) is 5.92 Å². The van der Waals surface area contributed by atoms with E-state index >= 15 is 0 Å². The highest BCUT2D eigenvalue weighted by molar-refractivity contribution is 7.68. The van der Waals surface area contributed by atoms with Gasteiger partial charge in [0, 0.05) is 10.9 Å². The quantitative estimate of drug-likeness (QED) is 0.649. The second-order valence-corrected chi connectivity index (χ2v) is 11.0. The summed E-state index contributed by atoms with van der Waals surface area (Å²) in [4.78, 5) is 0. The first-order valence-corrected chi connectivity index (χ1v) is 10.5. The zero-order valence-corrected chi connectivity index (χ0v) is 17.7. The molecular formula is C22H29O3P. The molecular weight excluding hydrogens is 343 g/mol. The van der Waals surface area contributed by atoms with E-state index < -0.39 is 7.92 Å². The maximum Gasteiger partial charge on any atom is 0.130 e. The third kappa shape index (κ3) is 3.18. The van der Waals surface area contributed by atoms with Crippen LogP contribution in [0.4, 0.5) is 0 Å². The third-order valence-electron chi connectivity index (χ3n) is 4.73. The molecule has 3 nitrogen and oxygen atoms in total. The highest BCUT2D eigenvalue weighted by atomic mass is 31.1. The topological polar surface area (TPSA) is 27.7 Å². The van der Waals surface area contributed by atoms with E-state index in [0.29, 0.717) is 5.92 Å². The van der Waals surface area contributed by atoms with Crippen molar-refractivity contribution in [2.45, 2.75) is 45.6 Å². The monoisotopic (exact) mass is 372 g/mol. The molecule has 0 unspecified atom stereocenters. The first-order chi connectivity index (χ1) is 12.3. The summed E-state index contributed by atoms with van der Waals surface area (Å²) >= 11 is 0. The van der Waals surface area contributed by atoms with E-state index in [1.807, 2.05) is 18.2 Å². The van der Waals surface area contributed by atoms with E-state index in [1.165, 1.54) is 10.9 Å². The van der Waals surface area contributed by atoms with Crippen molar-refractivity contribution in [3.63, 3.8) is 0 Å². The summed E-state index contributed by atoms with van der Waals surface area (Å²) in [6.07, 6.45) is 0. The molecule has 0 aliphatic carbocycles. The summed E-state index contributed by atoms with van der Waals surface area (Å²) in [6, 6.07) is 12.3. The number of hydrogen-bond donors (Lipinski definition) is 0. The Morgan fingerprint density at radius 2 is 1.54 bits per heavy atom. The van der Waals surface area contributed by atoms with Crippen LogP contribution >= 0.6 is 7.92 Å². The Balaban J connectivity index is 2.29. The summed E-state index contributed by atoms with van der Waals surface area (Å²) in [6.45, 7) is 11.5.